The van der Waals surface area contributed by atoms with Gasteiger partial charge in [0, 0.05) is 24.0 Å². The molecule has 0 saturated carbocycles. The van der Waals surface area contributed by atoms with Gasteiger partial charge in [0.25, 0.3) is 5.91 Å². The molecule has 2 aromatic rings. The van der Waals surface area contributed by atoms with Crippen molar-refractivity contribution in [1.29, 1.82) is 0 Å². The molecule has 110 valence electrons. The summed E-state index contributed by atoms with van der Waals surface area (Å²) >= 11 is 3.42. The van der Waals surface area contributed by atoms with Gasteiger partial charge in [-0.1, -0.05) is 52.3 Å². The van der Waals surface area contributed by atoms with Crippen molar-refractivity contribution in [3.63, 3.8) is 0 Å². The molecule has 0 heterocycles. The molecule has 0 unspecified atom stereocenters. The van der Waals surface area contributed by atoms with Gasteiger partial charge in [-0.3, -0.25) is 4.79 Å². The normalized spacial score (nSPS) is 10.4. The Balaban J connectivity index is 2.16. The number of rotatable bonds is 5. The Morgan fingerprint density at radius 1 is 1.10 bits per heavy atom. The van der Waals surface area contributed by atoms with Crippen molar-refractivity contribution in [1.82, 2.24) is 4.90 Å². The summed E-state index contributed by atoms with van der Waals surface area (Å²) in [7, 11) is 0. The van der Waals surface area contributed by atoms with Crippen LogP contribution >= 0.6 is 15.9 Å². The highest BCUT2D eigenvalue weighted by atomic mass is 79.9. The first kappa shape index (κ1) is 15.8. The molecule has 0 aromatic heterocycles. The molecule has 21 heavy (non-hydrogen) atoms. The fourth-order valence-electron chi connectivity index (χ4n) is 2.24. The van der Waals surface area contributed by atoms with Gasteiger partial charge in [0.15, 0.2) is 0 Å². The third kappa shape index (κ3) is 3.94. The molecule has 2 aromatic carbocycles. The van der Waals surface area contributed by atoms with Crippen LogP contribution in [0.1, 0.15) is 34.0 Å². The monoisotopic (exact) mass is 345 g/mol. The van der Waals surface area contributed by atoms with E-state index in [0.29, 0.717) is 13.1 Å². The van der Waals surface area contributed by atoms with E-state index in [1.54, 1.807) is 0 Å². The highest BCUT2D eigenvalue weighted by Gasteiger charge is 2.15. The van der Waals surface area contributed by atoms with Crippen molar-refractivity contribution in [3.8, 4) is 0 Å². The van der Waals surface area contributed by atoms with E-state index in [-0.39, 0.29) is 5.91 Å². The number of nitrogens with zero attached hydrogens (tertiary/aromatic N) is 1. The summed E-state index contributed by atoms with van der Waals surface area (Å²) in [6.07, 6.45) is 0. The Kier molecular flexibility index (Phi) is 5.57. The maximum absolute atomic E-state index is 12.6. The summed E-state index contributed by atoms with van der Waals surface area (Å²) in [5, 5.41) is 0.808. The van der Waals surface area contributed by atoms with Crippen LogP contribution in [0.15, 0.2) is 48.5 Å². The largest absolute Gasteiger partial charge is 0.335 e. The Labute approximate surface area is 134 Å². The second-order valence-electron chi connectivity index (χ2n) is 5.08. The third-order valence-electron chi connectivity index (χ3n) is 3.65. The van der Waals surface area contributed by atoms with Crippen LogP contribution in [0.3, 0.4) is 0 Å². The number of carbonyl (C=O) groups excluding carboxylic acids is 1. The summed E-state index contributed by atoms with van der Waals surface area (Å²) in [6, 6.07) is 16.0. The lowest BCUT2D eigenvalue weighted by Gasteiger charge is -2.22. The number of aryl methyl sites for hydroxylation is 1. The number of halogens is 1. The second-order valence-corrected chi connectivity index (χ2v) is 5.64. The van der Waals surface area contributed by atoms with Gasteiger partial charge in [-0.25, -0.2) is 0 Å². The van der Waals surface area contributed by atoms with Crippen molar-refractivity contribution in [2.45, 2.75) is 25.7 Å². The summed E-state index contributed by atoms with van der Waals surface area (Å²) < 4.78 is 0. The zero-order valence-electron chi connectivity index (χ0n) is 12.5. The topological polar surface area (TPSA) is 20.3 Å². The first-order valence-electron chi connectivity index (χ1n) is 7.14. The number of amides is 1. The van der Waals surface area contributed by atoms with Crippen LogP contribution in [0, 0.1) is 6.92 Å². The summed E-state index contributed by atoms with van der Waals surface area (Å²) in [5.74, 6) is 0.0851. The second kappa shape index (κ2) is 7.41. The molecule has 0 aliphatic carbocycles. The molecule has 0 N–H and O–H groups in total. The molecule has 0 spiro atoms. The lowest BCUT2D eigenvalue weighted by Crippen LogP contribution is -2.30. The third-order valence-corrected chi connectivity index (χ3v) is 4.29. The number of hydrogen-bond donors (Lipinski definition) is 0. The highest BCUT2D eigenvalue weighted by Crippen LogP contribution is 2.14. The smallest absolute Gasteiger partial charge is 0.254 e. The molecule has 2 rings (SSSR count). The zero-order valence-corrected chi connectivity index (χ0v) is 14.1. The quantitative estimate of drug-likeness (QED) is 0.727. The SMILES string of the molecule is CCN(Cc1ccccc1C)C(=O)c1ccc(CBr)cc1. The lowest BCUT2D eigenvalue weighted by atomic mass is 10.1. The van der Waals surface area contributed by atoms with Gasteiger partial charge < -0.3 is 4.90 Å². The number of benzene rings is 2. The van der Waals surface area contributed by atoms with Crippen LogP contribution in [0.5, 0.6) is 0 Å². The average molecular weight is 346 g/mol. The molecule has 0 radical (unpaired) electrons. The molecule has 0 fully saturated rings. The minimum atomic E-state index is 0.0851. The van der Waals surface area contributed by atoms with Crippen molar-refractivity contribution in [2.24, 2.45) is 0 Å². The molecule has 1 amide bonds. The van der Waals surface area contributed by atoms with E-state index in [0.717, 1.165) is 10.9 Å². The Bertz CT molecular complexity index is 607. The summed E-state index contributed by atoms with van der Waals surface area (Å²) in [5.41, 5.74) is 4.34. The van der Waals surface area contributed by atoms with Crippen LogP contribution in [0.2, 0.25) is 0 Å². The van der Waals surface area contributed by atoms with Gasteiger partial charge in [0.1, 0.15) is 0 Å². The number of hydrogen-bond acceptors (Lipinski definition) is 1. The van der Waals surface area contributed by atoms with E-state index in [4.69, 9.17) is 0 Å². The predicted octanol–water partition coefficient (Wildman–Crippen LogP) is 4.55. The molecule has 0 aliphatic rings. The lowest BCUT2D eigenvalue weighted by molar-refractivity contribution is 0.0752. The fourth-order valence-corrected chi connectivity index (χ4v) is 2.61. The minimum absolute atomic E-state index is 0.0851. The zero-order chi connectivity index (χ0) is 15.2. The van der Waals surface area contributed by atoms with Crippen molar-refractivity contribution < 1.29 is 4.79 Å². The average Bonchev–Trinajstić information content (AvgIpc) is 2.53. The first-order valence-corrected chi connectivity index (χ1v) is 8.26. The molecule has 0 aliphatic heterocycles. The molecular formula is C18H20BrNO. The Morgan fingerprint density at radius 2 is 1.76 bits per heavy atom. The highest BCUT2D eigenvalue weighted by molar-refractivity contribution is 9.08. The van der Waals surface area contributed by atoms with E-state index in [2.05, 4.69) is 35.0 Å². The molecule has 0 atom stereocenters. The standard InChI is InChI=1S/C18H20BrNO/c1-3-20(13-17-7-5-4-6-14(17)2)18(21)16-10-8-15(12-19)9-11-16/h4-11H,3,12-13H2,1-2H3. The maximum Gasteiger partial charge on any atom is 0.254 e. The Morgan fingerprint density at radius 3 is 2.33 bits per heavy atom. The van der Waals surface area contributed by atoms with Crippen LogP contribution in [-0.2, 0) is 11.9 Å². The Hall–Kier alpha value is -1.61. The van der Waals surface area contributed by atoms with E-state index in [1.165, 1.54) is 16.7 Å². The number of alkyl halides is 1. The predicted molar refractivity (Wildman–Crippen MR) is 90.7 cm³/mol. The van der Waals surface area contributed by atoms with E-state index in [1.807, 2.05) is 48.2 Å². The molecule has 0 saturated heterocycles. The van der Waals surface area contributed by atoms with Crippen LogP contribution < -0.4 is 0 Å². The van der Waals surface area contributed by atoms with Gasteiger partial charge in [0.05, 0.1) is 0 Å². The molecule has 2 nitrogen and oxygen atoms in total. The minimum Gasteiger partial charge on any atom is -0.335 e. The van der Waals surface area contributed by atoms with Gasteiger partial charge >= 0.3 is 0 Å². The maximum atomic E-state index is 12.6. The van der Waals surface area contributed by atoms with Gasteiger partial charge in [-0.2, -0.15) is 0 Å². The van der Waals surface area contributed by atoms with E-state index < -0.39 is 0 Å². The van der Waals surface area contributed by atoms with E-state index in [9.17, 15) is 4.79 Å². The van der Waals surface area contributed by atoms with Gasteiger partial charge in [0.2, 0.25) is 0 Å². The van der Waals surface area contributed by atoms with Crippen LogP contribution in [-0.4, -0.2) is 17.4 Å². The molecule has 3 heteroatoms. The number of carbonyl (C=O) groups is 1. The van der Waals surface area contributed by atoms with Crippen molar-refractivity contribution in [2.75, 3.05) is 6.54 Å². The van der Waals surface area contributed by atoms with Crippen LogP contribution in [0.4, 0.5) is 0 Å². The summed E-state index contributed by atoms with van der Waals surface area (Å²) in [4.78, 5) is 14.5. The van der Waals surface area contributed by atoms with Gasteiger partial charge in [-0.05, 0) is 42.7 Å². The van der Waals surface area contributed by atoms with Gasteiger partial charge in [-0.15, -0.1) is 0 Å². The fraction of sp³-hybridized carbons (Fsp3) is 0.278. The molecule has 0 bridgehead atoms. The van der Waals surface area contributed by atoms with Crippen molar-refractivity contribution in [3.05, 3.63) is 70.8 Å². The molecular weight excluding hydrogens is 326 g/mol. The van der Waals surface area contributed by atoms with E-state index >= 15 is 0 Å². The van der Waals surface area contributed by atoms with Crippen molar-refractivity contribution >= 4 is 21.8 Å². The first-order chi connectivity index (χ1) is 10.2. The summed E-state index contributed by atoms with van der Waals surface area (Å²) in [6.45, 7) is 5.46. The van der Waals surface area contributed by atoms with Crippen LogP contribution in [0.25, 0.3) is 0 Å².